The quantitative estimate of drug-likeness (QED) is 0.268. The molecule has 0 unspecified atom stereocenters. The number of nitrogens with zero attached hydrogens (tertiary/aromatic N) is 4. The molecule has 0 atom stereocenters. The molecule has 1 N–H and O–H groups in total. The van der Waals surface area contributed by atoms with Crippen molar-refractivity contribution in [3.63, 3.8) is 0 Å². The van der Waals surface area contributed by atoms with Crippen LogP contribution in [0.4, 0.5) is 5.69 Å². The number of anilines is 1. The molecule has 2 aromatic carbocycles. The summed E-state index contributed by atoms with van der Waals surface area (Å²) < 4.78 is 1.67. The number of aliphatic imine (C=N–C) groups is 1. The molecular weight excluding hydrogens is 530 g/mol. The Morgan fingerprint density at radius 2 is 1.93 bits per heavy atom. The maximum atomic E-state index is 11.1. The molecule has 0 radical (unpaired) electrons. The van der Waals surface area contributed by atoms with Crippen LogP contribution in [0, 0.1) is 11.8 Å². The summed E-state index contributed by atoms with van der Waals surface area (Å²) >= 11 is 6.31. The third-order valence-corrected chi connectivity index (χ3v) is 7.67. The summed E-state index contributed by atoms with van der Waals surface area (Å²) in [6.45, 7) is 7.57. The highest BCUT2D eigenvalue weighted by Crippen LogP contribution is 2.30. The average Bonchev–Trinajstić information content (AvgIpc) is 3.21. The summed E-state index contributed by atoms with van der Waals surface area (Å²) in [4.78, 5) is 17.8. The Morgan fingerprint density at radius 1 is 1.12 bits per heavy atom. The number of nitrogens with one attached hydrogen (secondary N) is 1. The van der Waals surface area contributed by atoms with Gasteiger partial charge < -0.3 is 10.2 Å². The van der Waals surface area contributed by atoms with Gasteiger partial charge in [-0.3, -0.25) is 4.79 Å². The van der Waals surface area contributed by atoms with Gasteiger partial charge in [0.1, 0.15) is 16.5 Å². The molecule has 3 aromatic rings. The van der Waals surface area contributed by atoms with Gasteiger partial charge in [0, 0.05) is 35.3 Å². The van der Waals surface area contributed by atoms with Gasteiger partial charge in [0.25, 0.3) is 0 Å². The summed E-state index contributed by atoms with van der Waals surface area (Å²) in [5.41, 5.74) is 9.26. The van der Waals surface area contributed by atoms with Crippen molar-refractivity contribution in [2.45, 2.75) is 52.0 Å². The van der Waals surface area contributed by atoms with Gasteiger partial charge in [-0.15, -0.1) is 0 Å². The number of likely N-dealkylation sites (N-methyl/N-ethyl adjacent to an activating group) is 1. The highest BCUT2D eigenvalue weighted by Gasteiger charge is 2.16. The number of hydrogen-bond donors (Lipinski definition) is 1. The minimum atomic E-state index is 0.427. The molecule has 41 heavy (non-hydrogen) atoms. The molecule has 212 valence electrons. The molecule has 5 rings (SSSR count). The molecule has 2 aliphatic rings. The number of rotatable bonds is 6. The fraction of sp³-hybridized carbons (Fsp3) is 0.324. The lowest BCUT2D eigenvalue weighted by atomic mass is 10.0. The lowest BCUT2D eigenvalue weighted by molar-refractivity contribution is 0.111. The number of halogens is 1. The van der Waals surface area contributed by atoms with Crippen LogP contribution in [-0.2, 0) is 19.4 Å². The van der Waals surface area contributed by atoms with Crippen molar-refractivity contribution >= 4 is 29.3 Å². The number of hydrogen-bond acceptors (Lipinski definition) is 5. The monoisotopic (exact) mass is 567 g/mol. The maximum absolute atomic E-state index is 11.1. The lowest BCUT2D eigenvalue weighted by Crippen LogP contribution is -2.15. The Hall–Kier alpha value is -3.92. The second-order valence-corrected chi connectivity index (χ2v) is 10.7. The van der Waals surface area contributed by atoms with E-state index in [-0.39, 0.29) is 0 Å². The fourth-order valence-corrected chi connectivity index (χ4v) is 5.15. The van der Waals surface area contributed by atoms with Crippen LogP contribution in [0.25, 0.3) is 0 Å². The van der Waals surface area contributed by atoms with Crippen molar-refractivity contribution in [3.05, 3.63) is 106 Å². The molecule has 7 heteroatoms. The predicted molar refractivity (Wildman–Crippen MR) is 170 cm³/mol. The van der Waals surface area contributed by atoms with Crippen LogP contribution in [0.15, 0.2) is 77.6 Å². The van der Waals surface area contributed by atoms with E-state index in [2.05, 4.69) is 77.0 Å². The smallest absolute Gasteiger partial charge is 0.170 e. The van der Waals surface area contributed by atoms with E-state index in [1.165, 1.54) is 29.1 Å². The van der Waals surface area contributed by atoms with Crippen molar-refractivity contribution in [2.75, 3.05) is 25.5 Å². The van der Waals surface area contributed by atoms with E-state index in [0.29, 0.717) is 23.8 Å². The number of carbonyl (C=O) groups is 1. The van der Waals surface area contributed by atoms with Gasteiger partial charge in [-0.25, -0.2) is 9.67 Å². The Balaban J connectivity index is 0.000000191. The topological polar surface area (TPSA) is 62.5 Å². The SMILES string of the molecule is C=C1CCCc2ccc(C#CC3=CCCC(C)=N3)cc2N1C.CNCCc1c(C=O)nn(Cc2ccccc2)c1Cl. The minimum absolute atomic E-state index is 0.427. The minimum Gasteiger partial charge on any atom is -0.349 e. The first-order chi connectivity index (χ1) is 19.9. The second-order valence-electron chi connectivity index (χ2n) is 10.3. The summed E-state index contributed by atoms with van der Waals surface area (Å²) in [7, 11) is 3.96. The van der Waals surface area contributed by atoms with E-state index in [9.17, 15) is 4.79 Å². The number of allylic oxidation sites excluding steroid dienone is 3. The van der Waals surface area contributed by atoms with Gasteiger partial charge in [-0.2, -0.15) is 5.10 Å². The van der Waals surface area contributed by atoms with Gasteiger partial charge in [0.2, 0.25) is 0 Å². The Bertz CT molecular complexity index is 1510. The molecule has 0 saturated heterocycles. The molecule has 2 aliphatic heterocycles. The summed E-state index contributed by atoms with van der Waals surface area (Å²) in [5, 5.41) is 7.85. The third kappa shape index (κ3) is 8.07. The van der Waals surface area contributed by atoms with Crippen molar-refractivity contribution in [2.24, 2.45) is 4.99 Å². The average molecular weight is 568 g/mol. The van der Waals surface area contributed by atoms with E-state index in [1.54, 1.807) is 4.68 Å². The molecule has 0 aliphatic carbocycles. The fourth-order valence-electron chi connectivity index (χ4n) is 4.86. The van der Waals surface area contributed by atoms with E-state index >= 15 is 0 Å². The standard InChI is InChI=1S/C20H22N2.C14H16ClN3O/c1-15-6-4-9-19(21-15)13-11-17-10-12-18-8-5-7-16(2)22(3)20(18)14-17;1-16-8-7-12-13(10-19)17-18(14(12)15)9-11-5-3-2-4-6-11/h9-10,12,14H,2,4-8H2,1,3H3;2-6,10,16H,7-9H2,1H3. The molecule has 3 heterocycles. The van der Waals surface area contributed by atoms with Crippen molar-refractivity contribution in [3.8, 4) is 11.8 Å². The highest BCUT2D eigenvalue weighted by molar-refractivity contribution is 6.30. The number of fused-ring (bicyclic) bond motifs is 1. The highest BCUT2D eigenvalue weighted by atomic mass is 35.5. The van der Waals surface area contributed by atoms with Crippen LogP contribution in [0.2, 0.25) is 5.15 Å². The molecule has 0 amide bonds. The zero-order chi connectivity index (χ0) is 29.2. The molecule has 0 spiro atoms. The predicted octanol–water partition coefficient (Wildman–Crippen LogP) is 6.62. The molecule has 1 aromatic heterocycles. The molecule has 0 bridgehead atoms. The number of aldehydes is 1. The summed E-state index contributed by atoms with van der Waals surface area (Å²) in [5.74, 6) is 6.46. The van der Waals surface area contributed by atoms with E-state index in [1.807, 2.05) is 37.4 Å². The van der Waals surface area contributed by atoms with Crippen molar-refractivity contribution in [1.82, 2.24) is 15.1 Å². The van der Waals surface area contributed by atoms with Crippen molar-refractivity contribution in [1.29, 1.82) is 0 Å². The van der Waals surface area contributed by atoms with Crippen LogP contribution in [0.1, 0.15) is 65.3 Å². The molecule has 6 nitrogen and oxygen atoms in total. The molecule has 0 saturated carbocycles. The first-order valence-electron chi connectivity index (χ1n) is 14.1. The Kier molecular flexibility index (Phi) is 10.7. The van der Waals surface area contributed by atoms with Gasteiger partial charge in [-0.05, 0) is 94.3 Å². The first kappa shape index (κ1) is 30.0. The number of aromatic nitrogens is 2. The zero-order valence-corrected chi connectivity index (χ0v) is 25.0. The van der Waals surface area contributed by atoms with E-state index in [4.69, 9.17) is 11.6 Å². The zero-order valence-electron chi connectivity index (χ0n) is 24.2. The van der Waals surface area contributed by atoms with Crippen LogP contribution in [0.5, 0.6) is 0 Å². The van der Waals surface area contributed by atoms with Crippen LogP contribution in [0.3, 0.4) is 0 Å². The third-order valence-electron chi connectivity index (χ3n) is 7.25. The Morgan fingerprint density at radius 3 is 2.66 bits per heavy atom. The van der Waals surface area contributed by atoms with E-state index < -0.39 is 0 Å². The van der Waals surface area contributed by atoms with Crippen LogP contribution >= 0.6 is 11.6 Å². The first-order valence-corrected chi connectivity index (χ1v) is 14.5. The number of benzene rings is 2. The van der Waals surface area contributed by atoms with Gasteiger partial charge in [0.15, 0.2) is 6.29 Å². The van der Waals surface area contributed by atoms with Gasteiger partial charge in [0.05, 0.1) is 6.54 Å². The maximum Gasteiger partial charge on any atom is 0.170 e. The number of aryl methyl sites for hydroxylation is 1. The van der Waals surface area contributed by atoms with Crippen LogP contribution in [-0.4, -0.2) is 42.4 Å². The van der Waals surface area contributed by atoms with Gasteiger partial charge in [-0.1, -0.05) is 60.5 Å². The van der Waals surface area contributed by atoms with E-state index in [0.717, 1.165) is 60.9 Å². The Labute approximate surface area is 248 Å². The summed E-state index contributed by atoms with van der Waals surface area (Å²) in [6.07, 6.45) is 9.02. The van der Waals surface area contributed by atoms with Crippen LogP contribution < -0.4 is 10.2 Å². The lowest BCUT2D eigenvalue weighted by Gasteiger charge is -2.21. The van der Waals surface area contributed by atoms with Crippen molar-refractivity contribution < 1.29 is 4.79 Å². The largest absolute Gasteiger partial charge is 0.349 e. The molecular formula is C34H38ClN5O. The summed E-state index contributed by atoms with van der Waals surface area (Å²) in [6, 6.07) is 16.4. The number of carbonyl (C=O) groups excluding carboxylic acids is 1. The molecule has 0 fully saturated rings. The van der Waals surface area contributed by atoms with Gasteiger partial charge >= 0.3 is 0 Å². The normalized spacial score (nSPS) is 14.4. The second kappa shape index (κ2) is 14.6.